The van der Waals surface area contributed by atoms with Gasteiger partial charge in [0.1, 0.15) is 0 Å². The van der Waals surface area contributed by atoms with Crippen molar-refractivity contribution in [3.05, 3.63) is 41.3 Å². The molecule has 1 aliphatic carbocycles. The Hall–Kier alpha value is -1.17. The van der Waals surface area contributed by atoms with Crippen molar-refractivity contribution in [2.45, 2.75) is 32.4 Å². The first-order chi connectivity index (χ1) is 10.3. The van der Waals surface area contributed by atoms with E-state index in [0.717, 1.165) is 18.6 Å². The molecule has 2 aliphatic rings. The van der Waals surface area contributed by atoms with Crippen molar-refractivity contribution in [1.29, 1.82) is 0 Å². The van der Waals surface area contributed by atoms with Crippen LogP contribution >= 0.6 is 0 Å². The van der Waals surface area contributed by atoms with Crippen molar-refractivity contribution in [2.24, 2.45) is 11.3 Å². The standard InChI is InChI=1S/C17H23NO3S/c1-17(2)15(14-9-11-21-16(14)17)18(3)22(19,20)12-10-13-7-5-4-6-8-13/h4-8,10,12,14-16H,9,11H2,1-3H3/b12-10-/t14-,15+,16-/m0/s1. The quantitative estimate of drug-likeness (QED) is 0.856. The predicted octanol–water partition coefficient (Wildman–Crippen LogP) is 2.73. The molecule has 2 fully saturated rings. The second-order valence-electron chi connectivity index (χ2n) is 6.78. The molecular formula is C17H23NO3S. The SMILES string of the molecule is CN([C@@H]1[C@@H]2CCO[C@@H]2C1(C)C)S(=O)(=O)/C=C\c1ccccc1. The van der Waals surface area contributed by atoms with Gasteiger partial charge < -0.3 is 4.74 Å². The summed E-state index contributed by atoms with van der Waals surface area (Å²) < 4.78 is 32.5. The molecule has 1 saturated heterocycles. The maximum atomic E-state index is 12.6. The second-order valence-corrected chi connectivity index (χ2v) is 8.66. The third-order valence-corrected chi connectivity index (χ3v) is 6.57. The lowest BCUT2D eigenvalue weighted by atomic mass is 9.57. The van der Waals surface area contributed by atoms with Crippen molar-refractivity contribution < 1.29 is 13.2 Å². The normalized spacial score (nSPS) is 30.5. The molecule has 0 radical (unpaired) electrons. The molecule has 1 aliphatic heterocycles. The van der Waals surface area contributed by atoms with Crippen LogP contribution in [0.4, 0.5) is 0 Å². The van der Waals surface area contributed by atoms with Gasteiger partial charge in [0.05, 0.1) is 6.10 Å². The van der Waals surface area contributed by atoms with Crippen molar-refractivity contribution in [3.8, 4) is 0 Å². The summed E-state index contributed by atoms with van der Waals surface area (Å²) in [5.41, 5.74) is 0.748. The summed E-state index contributed by atoms with van der Waals surface area (Å²) in [6.07, 6.45) is 2.79. The minimum absolute atomic E-state index is 0.00502. The minimum Gasteiger partial charge on any atom is -0.377 e. The fourth-order valence-electron chi connectivity index (χ4n) is 4.02. The molecule has 1 aromatic carbocycles. The number of benzene rings is 1. The third kappa shape index (κ3) is 2.51. The highest BCUT2D eigenvalue weighted by Crippen LogP contribution is 2.54. The average Bonchev–Trinajstić information content (AvgIpc) is 2.92. The molecule has 0 bridgehead atoms. The highest BCUT2D eigenvalue weighted by Gasteiger charge is 2.62. The Morgan fingerprint density at radius 2 is 1.95 bits per heavy atom. The number of nitrogens with zero attached hydrogens (tertiary/aromatic N) is 1. The Balaban J connectivity index is 1.79. The molecule has 0 amide bonds. The zero-order valence-electron chi connectivity index (χ0n) is 13.3. The van der Waals surface area contributed by atoms with Gasteiger partial charge >= 0.3 is 0 Å². The van der Waals surface area contributed by atoms with E-state index in [4.69, 9.17) is 4.74 Å². The van der Waals surface area contributed by atoms with E-state index in [-0.39, 0.29) is 17.6 Å². The number of fused-ring (bicyclic) bond motifs is 1. The van der Waals surface area contributed by atoms with Crippen LogP contribution in [0.2, 0.25) is 0 Å². The van der Waals surface area contributed by atoms with Crippen LogP contribution in [-0.4, -0.2) is 38.5 Å². The number of hydrogen-bond acceptors (Lipinski definition) is 3. The number of sulfonamides is 1. The van der Waals surface area contributed by atoms with Crippen molar-refractivity contribution >= 4 is 16.1 Å². The van der Waals surface area contributed by atoms with Crippen LogP contribution in [0.5, 0.6) is 0 Å². The van der Waals surface area contributed by atoms with Crippen LogP contribution in [0.25, 0.3) is 6.08 Å². The van der Waals surface area contributed by atoms with Crippen LogP contribution < -0.4 is 0 Å². The summed E-state index contributed by atoms with van der Waals surface area (Å²) in [6.45, 7) is 4.93. The van der Waals surface area contributed by atoms with Crippen LogP contribution in [0, 0.1) is 11.3 Å². The lowest BCUT2D eigenvalue weighted by Crippen LogP contribution is -2.66. The van der Waals surface area contributed by atoms with Gasteiger partial charge in [-0.2, -0.15) is 4.31 Å². The molecule has 1 aromatic rings. The zero-order valence-corrected chi connectivity index (χ0v) is 14.1. The highest BCUT2D eigenvalue weighted by molar-refractivity contribution is 7.92. The van der Waals surface area contributed by atoms with Gasteiger partial charge in [-0.3, -0.25) is 0 Å². The lowest BCUT2D eigenvalue weighted by Gasteiger charge is -2.57. The summed E-state index contributed by atoms with van der Waals surface area (Å²) in [5.74, 6) is 0.319. The smallest absolute Gasteiger partial charge is 0.236 e. The van der Waals surface area contributed by atoms with Gasteiger partial charge in [-0.05, 0) is 18.1 Å². The molecule has 1 saturated carbocycles. The molecular weight excluding hydrogens is 298 g/mol. The van der Waals surface area contributed by atoms with E-state index in [9.17, 15) is 8.42 Å². The van der Waals surface area contributed by atoms with Gasteiger partial charge in [0.15, 0.2) is 0 Å². The largest absolute Gasteiger partial charge is 0.377 e. The maximum absolute atomic E-state index is 12.6. The fraction of sp³-hybridized carbons (Fsp3) is 0.529. The van der Waals surface area contributed by atoms with E-state index >= 15 is 0 Å². The van der Waals surface area contributed by atoms with E-state index in [1.165, 1.54) is 9.71 Å². The Kier molecular flexibility index (Phi) is 3.91. The Labute approximate surface area is 132 Å². The molecule has 1 heterocycles. The summed E-state index contributed by atoms with van der Waals surface area (Å²) in [5, 5.41) is 1.31. The first-order valence-corrected chi connectivity index (χ1v) is 9.17. The van der Waals surface area contributed by atoms with Crippen LogP contribution in [0.3, 0.4) is 0 Å². The molecule has 0 aromatic heterocycles. The topological polar surface area (TPSA) is 46.6 Å². The molecule has 4 nitrogen and oxygen atoms in total. The molecule has 0 unspecified atom stereocenters. The van der Waals surface area contributed by atoms with E-state index in [0.29, 0.717) is 5.92 Å². The third-order valence-electron chi connectivity index (χ3n) is 5.06. The van der Waals surface area contributed by atoms with Crippen molar-refractivity contribution in [3.63, 3.8) is 0 Å². The molecule has 5 heteroatoms. The van der Waals surface area contributed by atoms with Gasteiger partial charge in [-0.1, -0.05) is 44.2 Å². The number of rotatable bonds is 4. The van der Waals surface area contributed by atoms with Gasteiger partial charge in [0.25, 0.3) is 0 Å². The van der Waals surface area contributed by atoms with Gasteiger partial charge in [0.2, 0.25) is 10.0 Å². The van der Waals surface area contributed by atoms with E-state index in [1.807, 2.05) is 30.3 Å². The minimum atomic E-state index is -3.43. The molecule has 22 heavy (non-hydrogen) atoms. The van der Waals surface area contributed by atoms with Gasteiger partial charge in [0, 0.05) is 36.4 Å². The Morgan fingerprint density at radius 1 is 1.27 bits per heavy atom. The number of hydrogen-bond donors (Lipinski definition) is 0. The van der Waals surface area contributed by atoms with Gasteiger partial charge in [-0.25, -0.2) is 8.42 Å². The van der Waals surface area contributed by atoms with Crippen molar-refractivity contribution in [1.82, 2.24) is 4.31 Å². The highest BCUT2D eigenvalue weighted by atomic mass is 32.2. The zero-order chi connectivity index (χ0) is 16.0. The van der Waals surface area contributed by atoms with E-state index in [2.05, 4.69) is 13.8 Å². The maximum Gasteiger partial charge on any atom is 0.236 e. The van der Waals surface area contributed by atoms with E-state index < -0.39 is 10.0 Å². The Bertz CT molecular complexity index is 666. The van der Waals surface area contributed by atoms with Crippen LogP contribution in [-0.2, 0) is 14.8 Å². The summed E-state index contributed by atoms with van der Waals surface area (Å²) in [6, 6.07) is 9.48. The predicted molar refractivity (Wildman–Crippen MR) is 87.6 cm³/mol. The average molecular weight is 321 g/mol. The second kappa shape index (κ2) is 5.48. The first kappa shape index (κ1) is 15.7. The summed E-state index contributed by atoms with van der Waals surface area (Å²) in [4.78, 5) is 0. The Morgan fingerprint density at radius 3 is 2.64 bits per heavy atom. The number of ether oxygens (including phenoxy) is 1. The summed E-state index contributed by atoms with van der Waals surface area (Å²) >= 11 is 0. The lowest BCUT2D eigenvalue weighted by molar-refractivity contribution is -0.131. The molecule has 3 rings (SSSR count). The monoisotopic (exact) mass is 321 g/mol. The molecule has 120 valence electrons. The van der Waals surface area contributed by atoms with Crippen LogP contribution in [0.15, 0.2) is 35.7 Å². The molecule has 0 N–H and O–H groups in total. The van der Waals surface area contributed by atoms with Crippen LogP contribution in [0.1, 0.15) is 25.8 Å². The van der Waals surface area contributed by atoms with E-state index in [1.54, 1.807) is 13.1 Å². The first-order valence-electron chi connectivity index (χ1n) is 7.67. The molecule has 3 atom stereocenters. The molecule has 0 spiro atoms. The van der Waals surface area contributed by atoms with Gasteiger partial charge in [-0.15, -0.1) is 0 Å². The van der Waals surface area contributed by atoms with Crippen molar-refractivity contribution in [2.75, 3.05) is 13.7 Å². The fourth-order valence-corrected chi connectivity index (χ4v) is 5.28. The summed E-state index contributed by atoms with van der Waals surface area (Å²) in [7, 11) is -1.74.